The highest BCUT2D eigenvalue weighted by Gasteiger charge is 2.27. The number of aromatic nitrogens is 2. The van der Waals surface area contributed by atoms with Crippen molar-refractivity contribution in [2.45, 2.75) is 37.9 Å². The van der Waals surface area contributed by atoms with Gasteiger partial charge in [0.2, 0.25) is 0 Å². The molecule has 7 heteroatoms. The van der Waals surface area contributed by atoms with E-state index in [0.717, 1.165) is 0 Å². The van der Waals surface area contributed by atoms with Crippen molar-refractivity contribution in [3.05, 3.63) is 48.4 Å². The predicted octanol–water partition coefficient (Wildman–Crippen LogP) is 1.73. The molecule has 0 radical (unpaired) electrons. The minimum absolute atomic E-state index is 0.0398. The Balaban J connectivity index is 2.08. The van der Waals surface area contributed by atoms with Gasteiger partial charge < -0.3 is 9.67 Å². The quantitative estimate of drug-likeness (QED) is 0.806. The van der Waals surface area contributed by atoms with Crippen LogP contribution < -0.4 is 4.72 Å². The van der Waals surface area contributed by atoms with E-state index in [0.29, 0.717) is 18.0 Å². The molecular formula is C16H23N3O3S. The maximum absolute atomic E-state index is 12.3. The predicted molar refractivity (Wildman–Crippen MR) is 88.3 cm³/mol. The molecule has 0 bridgehead atoms. The number of rotatable bonds is 7. The monoisotopic (exact) mass is 337 g/mol. The van der Waals surface area contributed by atoms with Gasteiger partial charge in [-0.05, 0) is 18.4 Å². The van der Waals surface area contributed by atoms with E-state index >= 15 is 0 Å². The first kappa shape index (κ1) is 17.7. The zero-order valence-electron chi connectivity index (χ0n) is 13.6. The molecule has 0 spiro atoms. The van der Waals surface area contributed by atoms with E-state index in [9.17, 15) is 13.5 Å². The average Bonchev–Trinajstić information content (AvgIpc) is 2.95. The lowest BCUT2D eigenvalue weighted by Gasteiger charge is -2.23. The average molecular weight is 337 g/mol. The highest BCUT2D eigenvalue weighted by atomic mass is 32.2. The summed E-state index contributed by atoms with van der Waals surface area (Å²) in [7, 11) is -3.76. The fourth-order valence-electron chi connectivity index (χ4n) is 2.21. The molecule has 0 amide bonds. The number of benzene rings is 1. The van der Waals surface area contributed by atoms with Gasteiger partial charge in [0.05, 0.1) is 6.33 Å². The van der Waals surface area contributed by atoms with Gasteiger partial charge in [0.1, 0.15) is 5.60 Å². The Morgan fingerprint density at radius 3 is 2.57 bits per heavy atom. The van der Waals surface area contributed by atoms with E-state index < -0.39 is 15.6 Å². The molecule has 0 saturated carbocycles. The molecule has 6 nitrogen and oxygen atoms in total. The first-order chi connectivity index (χ1) is 10.7. The minimum Gasteiger partial charge on any atom is -0.384 e. The number of sulfonamides is 1. The van der Waals surface area contributed by atoms with Crippen LogP contribution >= 0.6 is 0 Å². The third-order valence-corrected chi connectivity index (χ3v) is 4.75. The molecule has 2 aromatic rings. The molecule has 1 aromatic carbocycles. The van der Waals surface area contributed by atoms with E-state index in [1.54, 1.807) is 35.8 Å². The van der Waals surface area contributed by atoms with Gasteiger partial charge in [-0.3, -0.25) is 0 Å². The Kier molecular flexibility index (Phi) is 5.23. The van der Waals surface area contributed by atoms with Crippen molar-refractivity contribution in [2.24, 2.45) is 5.92 Å². The van der Waals surface area contributed by atoms with Crippen LogP contribution in [0.4, 0.5) is 0 Å². The lowest BCUT2D eigenvalue weighted by Crippen LogP contribution is -2.38. The Labute approximate surface area is 137 Å². The largest absolute Gasteiger partial charge is 0.384 e. The molecule has 2 rings (SSSR count). The Bertz CT molecular complexity index is 737. The van der Waals surface area contributed by atoms with Crippen LogP contribution in [0, 0.1) is 5.92 Å². The number of nitrogens with zero attached hydrogens (tertiary/aromatic N) is 2. The van der Waals surface area contributed by atoms with Crippen LogP contribution in [0.5, 0.6) is 0 Å². The molecule has 1 aromatic heterocycles. The summed E-state index contributed by atoms with van der Waals surface area (Å²) in [6, 6.07) is 8.94. The number of hydrogen-bond acceptors (Lipinski definition) is 4. The first-order valence-corrected chi connectivity index (χ1v) is 8.98. The van der Waals surface area contributed by atoms with Crippen LogP contribution in [0.3, 0.4) is 0 Å². The second-order valence-corrected chi connectivity index (χ2v) is 7.98. The summed E-state index contributed by atoms with van der Waals surface area (Å²) in [5.41, 5.74) is -0.650. The zero-order valence-corrected chi connectivity index (χ0v) is 14.4. The van der Waals surface area contributed by atoms with E-state index in [4.69, 9.17) is 0 Å². The van der Waals surface area contributed by atoms with Crippen LogP contribution in [-0.2, 0) is 22.2 Å². The normalized spacial score (nSPS) is 14.8. The van der Waals surface area contributed by atoms with Crippen molar-refractivity contribution >= 4 is 10.0 Å². The number of aliphatic hydroxyl groups is 1. The van der Waals surface area contributed by atoms with Gasteiger partial charge in [-0.1, -0.05) is 44.2 Å². The second kappa shape index (κ2) is 6.82. The third kappa shape index (κ3) is 4.63. The Morgan fingerprint density at radius 2 is 1.96 bits per heavy atom. The summed E-state index contributed by atoms with van der Waals surface area (Å²) >= 11 is 0. The van der Waals surface area contributed by atoms with Crippen LogP contribution in [0.1, 0.15) is 26.3 Å². The van der Waals surface area contributed by atoms with Gasteiger partial charge in [0, 0.05) is 19.3 Å². The summed E-state index contributed by atoms with van der Waals surface area (Å²) in [6.45, 7) is 6.23. The molecule has 1 heterocycles. The smallest absolute Gasteiger partial charge is 0.259 e. The Morgan fingerprint density at radius 1 is 1.30 bits per heavy atom. The molecule has 23 heavy (non-hydrogen) atoms. The van der Waals surface area contributed by atoms with Crippen molar-refractivity contribution in [3.63, 3.8) is 0 Å². The molecule has 0 saturated heterocycles. The van der Waals surface area contributed by atoms with Crippen molar-refractivity contribution in [1.29, 1.82) is 0 Å². The van der Waals surface area contributed by atoms with Crippen molar-refractivity contribution in [1.82, 2.24) is 14.3 Å². The summed E-state index contributed by atoms with van der Waals surface area (Å²) in [6.07, 6.45) is 3.00. The maximum Gasteiger partial charge on any atom is 0.259 e. The van der Waals surface area contributed by atoms with E-state index in [1.807, 2.05) is 19.9 Å². The molecule has 1 unspecified atom stereocenters. The van der Waals surface area contributed by atoms with Gasteiger partial charge in [0.15, 0.2) is 5.03 Å². The van der Waals surface area contributed by atoms with Crippen molar-refractivity contribution < 1.29 is 13.5 Å². The van der Waals surface area contributed by atoms with Gasteiger partial charge in [-0.2, -0.15) is 0 Å². The minimum atomic E-state index is -3.76. The van der Waals surface area contributed by atoms with Crippen LogP contribution in [0.2, 0.25) is 0 Å². The molecule has 1 atom stereocenters. The van der Waals surface area contributed by atoms with Crippen LogP contribution in [0.25, 0.3) is 0 Å². The summed E-state index contributed by atoms with van der Waals surface area (Å²) in [5, 5.41) is 10.4. The van der Waals surface area contributed by atoms with E-state index in [-0.39, 0.29) is 11.6 Å². The molecule has 0 aliphatic carbocycles. The summed E-state index contributed by atoms with van der Waals surface area (Å²) in [5.74, 6) is 0.395. The highest BCUT2D eigenvalue weighted by Crippen LogP contribution is 2.20. The maximum atomic E-state index is 12.3. The van der Waals surface area contributed by atoms with E-state index in [2.05, 4.69) is 9.71 Å². The van der Waals surface area contributed by atoms with Crippen molar-refractivity contribution in [2.75, 3.05) is 6.54 Å². The molecule has 2 N–H and O–H groups in total. The lowest BCUT2D eigenvalue weighted by atomic mass is 9.97. The fourth-order valence-corrected chi connectivity index (χ4v) is 3.29. The van der Waals surface area contributed by atoms with Gasteiger partial charge in [-0.15, -0.1) is 0 Å². The summed E-state index contributed by atoms with van der Waals surface area (Å²) in [4.78, 5) is 3.95. The first-order valence-electron chi connectivity index (χ1n) is 7.50. The molecule has 0 aliphatic rings. The fraction of sp³-hybridized carbons (Fsp3) is 0.438. The van der Waals surface area contributed by atoms with Gasteiger partial charge in [-0.25, -0.2) is 18.1 Å². The number of hydrogen-bond donors (Lipinski definition) is 2. The molecular weight excluding hydrogens is 314 g/mol. The van der Waals surface area contributed by atoms with Crippen molar-refractivity contribution in [3.8, 4) is 0 Å². The Hall–Kier alpha value is -1.70. The van der Waals surface area contributed by atoms with Gasteiger partial charge >= 0.3 is 0 Å². The molecule has 0 fully saturated rings. The third-order valence-electron chi connectivity index (χ3n) is 3.46. The number of imidazole rings is 1. The topological polar surface area (TPSA) is 84.2 Å². The van der Waals surface area contributed by atoms with Crippen LogP contribution in [0.15, 0.2) is 47.9 Å². The highest BCUT2D eigenvalue weighted by molar-refractivity contribution is 7.89. The molecule has 126 valence electrons. The van der Waals surface area contributed by atoms with E-state index in [1.165, 1.54) is 12.5 Å². The lowest BCUT2D eigenvalue weighted by molar-refractivity contribution is 0.0627. The van der Waals surface area contributed by atoms with Gasteiger partial charge in [0.25, 0.3) is 10.0 Å². The standard InChI is InChI=1S/C16H23N3O3S/c1-13(2)9-19-10-15(17-12-19)23(21,22)18-11-16(3,20)14-7-5-4-6-8-14/h4-8,10,12-13,18,20H,9,11H2,1-3H3. The SMILES string of the molecule is CC(C)Cn1cnc(S(=O)(=O)NCC(C)(O)c2ccccc2)c1. The molecule has 0 aliphatic heterocycles. The van der Waals surface area contributed by atoms with Crippen LogP contribution in [-0.4, -0.2) is 29.6 Å². The second-order valence-electron chi connectivity index (χ2n) is 6.27. The zero-order chi connectivity index (χ0) is 17.1. The number of nitrogens with one attached hydrogen (secondary N) is 1. The summed E-state index contributed by atoms with van der Waals surface area (Å²) < 4.78 is 28.8.